The van der Waals surface area contributed by atoms with E-state index in [1.807, 2.05) is 20.8 Å². The molecule has 0 N–H and O–H groups in total. The predicted octanol–water partition coefficient (Wildman–Crippen LogP) is 1.78. The molecule has 1 rings (SSSR count). The summed E-state index contributed by atoms with van der Waals surface area (Å²) in [7, 11) is 3.53. The molecule has 0 amide bonds. The first-order valence-electron chi connectivity index (χ1n) is 6.35. The summed E-state index contributed by atoms with van der Waals surface area (Å²) in [6.07, 6.45) is -0.639. The zero-order valence-electron chi connectivity index (χ0n) is 12.5. The van der Waals surface area contributed by atoms with Gasteiger partial charge >= 0.3 is 12.1 Å². The molecular weight excluding hydrogens is 250 g/mol. The Morgan fingerprint density at radius 1 is 1.47 bits per heavy atom. The molecule has 0 aromatic carbocycles. The fraction of sp³-hybridized carbons (Fsp3) is 0.846. The highest BCUT2D eigenvalue weighted by Gasteiger charge is 2.50. The molecular formula is C13H23NO5. The molecule has 1 aliphatic heterocycles. The average molecular weight is 273 g/mol. The molecule has 1 aliphatic rings. The van der Waals surface area contributed by atoms with Crippen LogP contribution in [0.5, 0.6) is 0 Å². The van der Waals surface area contributed by atoms with Gasteiger partial charge in [-0.05, 0) is 41.3 Å². The van der Waals surface area contributed by atoms with Crippen LogP contribution < -0.4 is 0 Å². The Morgan fingerprint density at radius 2 is 2.05 bits per heavy atom. The second kappa shape index (κ2) is 5.36. The number of likely N-dealkylation sites (N-methyl/N-ethyl adjacent to an activating group) is 1. The highest BCUT2D eigenvalue weighted by Crippen LogP contribution is 2.30. The van der Waals surface area contributed by atoms with Gasteiger partial charge in [0.15, 0.2) is 5.60 Å². The van der Waals surface area contributed by atoms with Gasteiger partial charge in [0, 0.05) is 0 Å². The summed E-state index contributed by atoms with van der Waals surface area (Å²) < 4.78 is 15.5. The SMILES string of the molecule is CCC(C)(C)C(=O)OCC1(C)OC(=O)OC1N(C)C. The number of cyclic esters (lactones) is 2. The van der Waals surface area contributed by atoms with Crippen molar-refractivity contribution >= 4 is 12.1 Å². The van der Waals surface area contributed by atoms with Gasteiger partial charge in [-0.25, -0.2) is 4.79 Å². The summed E-state index contributed by atoms with van der Waals surface area (Å²) in [4.78, 5) is 24.9. The van der Waals surface area contributed by atoms with E-state index in [1.165, 1.54) is 0 Å². The zero-order chi connectivity index (χ0) is 14.8. The number of carbonyl (C=O) groups is 2. The Labute approximate surface area is 114 Å². The number of hydrogen-bond donors (Lipinski definition) is 0. The van der Waals surface area contributed by atoms with E-state index in [0.717, 1.165) is 0 Å². The molecule has 6 heteroatoms. The summed E-state index contributed by atoms with van der Waals surface area (Å²) in [6, 6.07) is 0. The van der Waals surface area contributed by atoms with E-state index >= 15 is 0 Å². The topological polar surface area (TPSA) is 65.1 Å². The fourth-order valence-corrected chi connectivity index (χ4v) is 1.78. The first-order valence-corrected chi connectivity index (χ1v) is 6.35. The van der Waals surface area contributed by atoms with Gasteiger partial charge in [0.25, 0.3) is 0 Å². The maximum absolute atomic E-state index is 11.9. The molecule has 110 valence electrons. The summed E-state index contributed by atoms with van der Waals surface area (Å²) in [5, 5.41) is 0. The number of hydrogen-bond acceptors (Lipinski definition) is 6. The summed E-state index contributed by atoms with van der Waals surface area (Å²) in [5.41, 5.74) is -1.53. The molecule has 0 aromatic heterocycles. The second-order valence-electron chi connectivity index (χ2n) is 5.91. The molecule has 0 aliphatic carbocycles. The Morgan fingerprint density at radius 3 is 2.53 bits per heavy atom. The molecule has 0 radical (unpaired) electrons. The van der Waals surface area contributed by atoms with Crippen LogP contribution in [0.1, 0.15) is 34.1 Å². The van der Waals surface area contributed by atoms with Crippen molar-refractivity contribution in [1.29, 1.82) is 0 Å². The Bertz CT molecular complexity index is 366. The van der Waals surface area contributed by atoms with Crippen molar-refractivity contribution in [1.82, 2.24) is 4.90 Å². The zero-order valence-corrected chi connectivity index (χ0v) is 12.5. The van der Waals surface area contributed by atoms with Gasteiger partial charge in [-0.1, -0.05) is 6.92 Å². The minimum absolute atomic E-state index is 0.0240. The van der Waals surface area contributed by atoms with Crippen LogP contribution in [0.2, 0.25) is 0 Å². The highest BCUT2D eigenvalue weighted by atomic mass is 16.8. The molecule has 0 aromatic rings. The van der Waals surface area contributed by atoms with Crippen molar-refractivity contribution in [3.05, 3.63) is 0 Å². The number of rotatable bonds is 5. The van der Waals surface area contributed by atoms with Crippen molar-refractivity contribution < 1.29 is 23.8 Å². The van der Waals surface area contributed by atoms with Gasteiger partial charge in [0.05, 0.1) is 5.41 Å². The van der Waals surface area contributed by atoms with Gasteiger partial charge in [-0.15, -0.1) is 0 Å². The van der Waals surface area contributed by atoms with E-state index in [-0.39, 0.29) is 12.6 Å². The predicted molar refractivity (Wildman–Crippen MR) is 68.5 cm³/mol. The average Bonchev–Trinajstić information content (AvgIpc) is 2.62. The van der Waals surface area contributed by atoms with Crippen LogP contribution in [-0.4, -0.2) is 49.6 Å². The third-order valence-corrected chi connectivity index (χ3v) is 3.44. The molecule has 1 saturated heterocycles. The highest BCUT2D eigenvalue weighted by molar-refractivity contribution is 5.76. The summed E-state index contributed by atoms with van der Waals surface area (Å²) in [6.45, 7) is 7.22. The van der Waals surface area contributed by atoms with Gasteiger partial charge in [0.2, 0.25) is 6.23 Å². The van der Waals surface area contributed by atoms with Crippen molar-refractivity contribution in [2.45, 2.75) is 45.9 Å². The molecule has 6 nitrogen and oxygen atoms in total. The smallest absolute Gasteiger partial charge is 0.461 e. The van der Waals surface area contributed by atoms with E-state index in [1.54, 1.807) is 25.9 Å². The minimum atomic E-state index is -0.986. The lowest BCUT2D eigenvalue weighted by molar-refractivity contribution is -0.163. The van der Waals surface area contributed by atoms with Gasteiger partial charge in [-0.2, -0.15) is 0 Å². The number of carbonyl (C=O) groups excluding carboxylic acids is 2. The van der Waals surface area contributed by atoms with E-state index in [0.29, 0.717) is 6.42 Å². The van der Waals surface area contributed by atoms with Crippen molar-refractivity contribution in [2.24, 2.45) is 5.41 Å². The normalized spacial score (nSPS) is 27.1. The van der Waals surface area contributed by atoms with Crippen LogP contribution in [0.4, 0.5) is 4.79 Å². The van der Waals surface area contributed by atoms with Gasteiger partial charge in [-0.3, -0.25) is 9.69 Å². The molecule has 0 spiro atoms. The first-order chi connectivity index (χ1) is 8.62. The third kappa shape index (κ3) is 3.37. The minimum Gasteiger partial charge on any atom is -0.461 e. The first kappa shape index (κ1) is 15.8. The van der Waals surface area contributed by atoms with Gasteiger partial charge in [0.1, 0.15) is 6.61 Å². The summed E-state index contributed by atoms with van der Waals surface area (Å²) in [5.74, 6) is -0.309. The van der Waals surface area contributed by atoms with Crippen molar-refractivity contribution in [2.75, 3.05) is 20.7 Å². The lowest BCUT2D eigenvalue weighted by atomic mass is 9.90. The molecule has 0 saturated carbocycles. The maximum Gasteiger partial charge on any atom is 0.510 e. The van der Waals surface area contributed by atoms with E-state index < -0.39 is 23.4 Å². The molecule has 1 heterocycles. The Balaban J connectivity index is 2.70. The number of ether oxygens (including phenoxy) is 3. The van der Waals surface area contributed by atoms with Crippen LogP contribution in [0, 0.1) is 5.41 Å². The van der Waals surface area contributed by atoms with E-state index in [4.69, 9.17) is 14.2 Å². The van der Waals surface area contributed by atoms with Crippen LogP contribution in [-0.2, 0) is 19.0 Å². The lowest BCUT2D eigenvalue weighted by Crippen LogP contribution is -2.49. The Kier molecular flexibility index (Phi) is 4.45. The number of nitrogens with zero attached hydrogens (tertiary/aromatic N) is 1. The van der Waals surface area contributed by atoms with Crippen LogP contribution >= 0.6 is 0 Å². The quantitative estimate of drug-likeness (QED) is 0.711. The monoisotopic (exact) mass is 273 g/mol. The summed E-state index contributed by atoms with van der Waals surface area (Å²) >= 11 is 0. The van der Waals surface area contributed by atoms with E-state index in [9.17, 15) is 9.59 Å². The van der Waals surface area contributed by atoms with Crippen LogP contribution in [0.3, 0.4) is 0 Å². The molecule has 2 atom stereocenters. The van der Waals surface area contributed by atoms with Crippen LogP contribution in [0.25, 0.3) is 0 Å². The fourth-order valence-electron chi connectivity index (χ4n) is 1.78. The Hall–Kier alpha value is -1.30. The van der Waals surface area contributed by atoms with E-state index in [2.05, 4.69) is 0 Å². The number of esters is 1. The maximum atomic E-state index is 11.9. The third-order valence-electron chi connectivity index (χ3n) is 3.44. The standard InChI is InChI=1S/C13H23NO5/c1-7-12(2,3)10(15)17-8-13(4)9(14(5)6)18-11(16)19-13/h9H,7-8H2,1-6H3. The molecule has 1 fully saturated rings. The van der Waals surface area contributed by atoms with Crippen LogP contribution in [0.15, 0.2) is 0 Å². The molecule has 19 heavy (non-hydrogen) atoms. The van der Waals surface area contributed by atoms with Crippen molar-refractivity contribution in [3.63, 3.8) is 0 Å². The molecule has 2 unspecified atom stereocenters. The van der Waals surface area contributed by atoms with Gasteiger partial charge < -0.3 is 14.2 Å². The molecule has 0 bridgehead atoms. The lowest BCUT2D eigenvalue weighted by Gasteiger charge is -2.31. The largest absolute Gasteiger partial charge is 0.510 e. The second-order valence-corrected chi connectivity index (χ2v) is 5.91. The van der Waals surface area contributed by atoms with Crippen molar-refractivity contribution in [3.8, 4) is 0 Å².